The Bertz CT molecular complexity index is 717. The van der Waals surface area contributed by atoms with Gasteiger partial charge in [-0.3, -0.25) is 9.59 Å². The Labute approximate surface area is 175 Å². The van der Waals surface area contributed by atoms with Crippen LogP contribution in [0.25, 0.3) is 0 Å². The van der Waals surface area contributed by atoms with Gasteiger partial charge in [0.2, 0.25) is 11.8 Å². The summed E-state index contributed by atoms with van der Waals surface area (Å²) in [7, 11) is 3.97. The van der Waals surface area contributed by atoms with Crippen LogP contribution < -0.4 is 10.2 Å². The Morgan fingerprint density at radius 3 is 2.45 bits per heavy atom. The molecule has 2 amide bonds. The predicted octanol–water partition coefficient (Wildman–Crippen LogP) is 3.90. The molecule has 1 aliphatic heterocycles. The first-order valence-electron chi connectivity index (χ1n) is 10.5. The van der Waals surface area contributed by atoms with Crippen LogP contribution in [-0.4, -0.2) is 50.1 Å². The van der Waals surface area contributed by atoms with E-state index in [1.54, 1.807) is 0 Å². The molecule has 1 aromatic carbocycles. The number of hydrogen-bond donors (Lipinski definition) is 1. The maximum atomic E-state index is 13.2. The predicted molar refractivity (Wildman–Crippen MR) is 118 cm³/mol. The molecule has 6 nitrogen and oxygen atoms in total. The van der Waals surface area contributed by atoms with E-state index < -0.39 is 5.41 Å². The monoisotopic (exact) mass is 403 g/mol. The second kappa shape index (κ2) is 9.61. The van der Waals surface area contributed by atoms with E-state index in [-0.39, 0.29) is 23.8 Å². The van der Waals surface area contributed by atoms with Gasteiger partial charge in [0.05, 0.1) is 6.10 Å². The van der Waals surface area contributed by atoms with Crippen molar-refractivity contribution < 1.29 is 14.3 Å². The van der Waals surface area contributed by atoms with Gasteiger partial charge < -0.3 is 19.9 Å². The fourth-order valence-electron chi connectivity index (χ4n) is 3.45. The molecule has 0 aromatic heterocycles. The van der Waals surface area contributed by atoms with Gasteiger partial charge in [-0.05, 0) is 36.6 Å². The molecule has 1 heterocycles. The van der Waals surface area contributed by atoms with Crippen molar-refractivity contribution >= 4 is 23.2 Å². The van der Waals surface area contributed by atoms with Crippen molar-refractivity contribution in [1.82, 2.24) is 4.90 Å². The fourth-order valence-corrected chi connectivity index (χ4v) is 3.45. The Morgan fingerprint density at radius 1 is 1.24 bits per heavy atom. The van der Waals surface area contributed by atoms with Gasteiger partial charge in [-0.15, -0.1) is 0 Å². The molecule has 1 N–H and O–H groups in total. The number of benzene rings is 1. The first-order valence-corrected chi connectivity index (χ1v) is 10.5. The molecule has 1 aliphatic rings. The lowest BCUT2D eigenvalue weighted by molar-refractivity contribution is -0.141. The summed E-state index contributed by atoms with van der Waals surface area (Å²) >= 11 is 0. The highest BCUT2D eigenvalue weighted by atomic mass is 16.5. The maximum absolute atomic E-state index is 13.2. The minimum absolute atomic E-state index is 0.0180. The summed E-state index contributed by atoms with van der Waals surface area (Å²) in [5.74, 6) is -0.00434. The first-order chi connectivity index (χ1) is 13.5. The number of hydrogen-bond acceptors (Lipinski definition) is 4. The van der Waals surface area contributed by atoms with E-state index in [9.17, 15) is 9.59 Å². The van der Waals surface area contributed by atoms with E-state index in [1.807, 2.05) is 76.7 Å². The number of nitrogens with zero attached hydrogens (tertiary/aromatic N) is 2. The van der Waals surface area contributed by atoms with Crippen molar-refractivity contribution in [2.24, 2.45) is 11.3 Å². The number of amides is 2. The Kier molecular flexibility index (Phi) is 7.69. The van der Waals surface area contributed by atoms with E-state index >= 15 is 0 Å². The molecule has 0 radical (unpaired) electrons. The number of rotatable bonds is 7. The average molecular weight is 404 g/mol. The quantitative estimate of drug-likeness (QED) is 0.750. The van der Waals surface area contributed by atoms with Crippen molar-refractivity contribution in [3.63, 3.8) is 0 Å². The molecular weight excluding hydrogens is 366 g/mol. The molecule has 162 valence electrons. The van der Waals surface area contributed by atoms with Crippen LogP contribution in [-0.2, 0) is 20.9 Å². The van der Waals surface area contributed by atoms with Crippen LogP contribution in [0.15, 0.2) is 18.2 Å². The van der Waals surface area contributed by atoms with Gasteiger partial charge in [0.15, 0.2) is 0 Å². The maximum Gasteiger partial charge on any atom is 0.228 e. The second-order valence-corrected chi connectivity index (χ2v) is 9.45. The lowest BCUT2D eigenvalue weighted by atomic mass is 9.94. The van der Waals surface area contributed by atoms with Gasteiger partial charge in [0, 0.05) is 56.5 Å². The zero-order chi connectivity index (χ0) is 21.8. The third-order valence-corrected chi connectivity index (χ3v) is 5.09. The number of carbonyl (C=O) groups is 2. The van der Waals surface area contributed by atoms with E-state index in [1.165, 1.54) is 0 Å². The van der Waals surface area contributed by atoms with Gasteiger partial charge in [-0.25, -0.2) is 0 Å². The summed E-state index contributed by atoms with van der Waals surface area (Å²) in [4.78, 5) is 29.3. The number of anilines is 2. The van der Waals surface area contributed by atoms with Crippen LogP contribution in [0.4, 0.5) is 11.4 Å². The van der Waals surface area contributed by atoms with Gasteiger partial charge >= 0.3 is 0 Å². The lowest BCUT2D eigenvalue weighted by Crippen LogP contribution is -2.43. The van der Waals surface area contributed by atoms with E-state index in [4.69, 9.17) is 4.74 Å². The molecule has 1 aromatic rings. The van der Waals surface area contributed by atoms with E-state index in [0.717, 1.165) is 36.4 Å². The SMILES string of the molecule is CC(C)C(=O)Nc1ccc(N(C)C)c(CN(C[C@@H]2CCCO2)C(=O)C(C)(C)C)c1. The smallest absolute Gasteiger partial charge is 0.228 e. The van der Waals surface area contributed by atoms with E-state index in [0.29, 0.717) is 13.1 Å². The molecule has 0 bridgehead atoms. The van der Waals surface area contributed by atoms with Gasteiger partial charge in [0.25, 0.3) is 0 Å². The first kappa shape index (κ1) is 23.2. The molecule has 1 saturated heterocycles. The van der Waals surface area contributed by atoms with Crippen molar-refractivity contribution in [1.29, 1.82) is 0 Å². The fraction of sp³-hybridized carbons (Fsp3) is 0.652. The van der Waals surface area contributed by atoms with Crippen LogP contribution in [0.2, 0.25) is 0 Å². The molecule has 6 heteroatoms. The highest BCUT2D eigenvalue weighted by Gasteiger charge is 2.31. The molecule has 0 saturated carbocycles. The number of ether oxygens (including phenoxy) is 1. The van der Waals surface area contributed by atoms with Crippen LogP contribution in [0.3, 0.4) is 0 Å². The minimum atomic E-state index is -0.472. The lowest BCUT2D eigenvalue weighted by Gasteiger charge is -2.32. The third kappa shape index (κ3) is 6.46. The zero-order valence-electron chi connectivity index (χ0n) is 19.0. The molecule has 0 spiro atoms. The van der Waals surface area contributed by atoms with Crippen LogP contribution in [0.1, 0.15) is 53.0 Å². The normalized spacial score (nSPS) is 16.8. The highest BCUT2D eigenvalue weighted by molar-refractivity contribution is 5.92. The standard InChI is InChI=1S/C23H37N3O3/c1-16(2)21(27)24-18-10-11-20(25(6)7)17(13-18)14-26(22(28)23(3,4)5)15-19-9-8-12-29-19/h10-11,13,16,19H,8-9,12,14-15H2,1-7H3,(H,24,27)/t19-/m0/s1. The third-order valence-electron chi connectivity index (χ3n) is 5.09. The number of carbonyl (C=O) groups excluding carboxylic acids is 2. The molecular formula is C23H37N3O3. The largest absolute Gasteiger partial charge is 0.377 e. The summed E-state index contributed by atoms with van der Waals surface area (Å²) in [6.07, 6.45) is 2.12. The van der Waals surface area contributed by atoms with Gasteiger partial charge in [0.1, 0.15) is 0 Å². The molecule has 1 atom stereocenters. The highest BCUT2D eigenvalue weighted by Crippen LogP contribution is 2.28. The Hall–Kier alpha value is -2.08. The summed E-state index contributed by atoms with van der Waals surface area (Å²) in [5.41, 5.74) is 2.32. The summed E-state index contributed by atoms with van der Waals surface area (Å²) in [5, 5.41) is 2.97. The van der Waals surface area contributed by atoms with Crippen molar-refractivity contribution in [3.8, 4) is 0 Å². The topological polar surface area (TPSA) is 61.9 Å². The van der Waals surface area contributed by atoms with Crippen molar-refractivity contribution in [3.05, 3.63) is 23.8 Å². The molecule has 0 unspecified atom stereocenters. The van der Waals surface area contributed by atoms with Gasteiger partial charge in [-0.1, -0.05) is 34.6 Å². The molecule has 1 fully saturated rings. The van der Waals surface area contributed by atoms with E-state index in [2.05, 4.69) is 5.32 Å². The number of nitrogens with one attached hydrogen (secondary N) is 1. The van der Waals surface area contributed by atoms with Crippen LogP contribution in [0.5, 0.6) is 0 Å². The molecule has 0 aliphatic carbocycles. The van der Waals surface area contributed by atoms with Crippen LogP contribution >= 0.6 is 0 Å². The zero-order valence-corrected chi connectivity index (χ0v) is 19.0. The molecule has 29 heavy (non-hydrogen) atoms. The van der Waals surface area contributed by atoms with Crippen molar-refractivity contribution in [2.45, 2.75) is 60.1 Å². The summed E-state index contributed by atoms with van der Waals surface area (Å²) in [6.45, 7) is 11.4. The van der Waals surface area contributed by atoms with Crippen LogP contribution in [0, 0.1) is 11.3 Å². The minimum Gasteiger partial charge on any atom is -0.377 e. The molecule has 2 rings (SSSR count). The van der Waals surface area contributed by atoms with Crippen molar-refractivity contribution in [2.75, 3.05) is 37.5 Å². The summed E-state index contributed by atoms with van der Waals surface area (Å²) in [6, 6.07) is 5.89. The van der Waals surface area contributed by atoms with Gasteiger partial charge in [-0.2, -0.15) is 0 Å². The summed E-state index contributed by atoms with van der Waals surface area (Å²) < 4.78 is 5.80. The second-order valence-electron chi connectivity index (χ2n) is 9.45. The Balaban J connectivity index is 2.33. The average Bonchev–Trinajstić information content (AvgIpc) is 3.12. The Morgan fingerprint density at radius 2 is 1.93 bits per heavy atom.